The van der Waals surface area contributed by atoms with Crippen LogP contribution in [0.5, 0.6) is 0 Å². The van der Waals surface area contributed by atoms with Crippen LogP contribution in [0.25, 0.3) is 0 Å². The second kappa shape index (κ2) is 4.92. The quantitative estimate of drug-likeness (QED) is 0.900. The molecule has 1 aliphatic rings. The molecule has 1 heterocycles. The molecule has 1 aliphatic heterocycles. The monoisotopic (exact) mass is 257 g/mol. The van der Waals surface area contributed by atoms with Crippen molar-refractivity contribution in [3.63, 3.8) is 0 Å². The SMILES string of the molecule is C[C@]1(CO)CCN(Cc2cc(F)ccc2Cl)C1. The zero-order chi connectivity index (χ0) is 12.5. The highest BCUT2D eigenvalue weighted by molar-refractivity contribution is 6.31. The third-order valence-corrected chi connectivity index (χ3v) is 3.79. The standard InChI is InChI=1S/C13H17ClFNO/c1-13(9-17)4-5-16(8-13)7-10-6-11(15)2-3-12(10)14/h2-3,6,17H,4-5,7-9H2,1H3/t13-/m0/s1. The van der Waals surface area contributed by atoms with Crippen LogP contribution in [0.4, 0.5) is 4.39 Å². The number of halogens is 2. The lowest BCUT2D eigenvalue weighted by Gasteiger charge is -2.22. The first-order valence-corrected chi connectivity index (χ1v) is 6.17. The number of aliphatic hydroxyl groups is 1. The Morgan fingerprint density at radius 3 is 2.94 bits per heavy atom. The molecule has 1 saturated heterocycles. The summed E-state index contributed by atoms with van der Waals surface area (Å²) in [6.07, 6.45) is 0.969. The molecular weight excluding hydrogens is 241 g/mol. The van der Waals surface area contributed by atoms with Gasteiger partial charge in [0.05, 0.1) is 0 Å². The van der Waals surface area contributed by atoms with Crippen molar-refractivity contribution >= 4 is 11.6 Å². The smallest absolute Gasteiger partial charge is 0.123 e. The molecule has 1 fully saturated rings. The molecular formula is C13H17ClFNO. The number of hydrogen-bond donors (Lipinski definition) is 1. The zero-order valence-corrected chi connectivity index (χ0v) is 10.7. The Balaban J connectivity index is 2.05. The van der Waals surface area contributed by atoms with Gasteiger partial charge >= 0.3 is 0 Å². The van der Waals surface area contributed by atoms with E-state index in [1.807, 2.05) is 0 Å². The van der Waals surface area contributed by atoms with Gasteiger partial charge in [0, 0.05) is 30.1 Å². The van der Waals surface area contributed by atoms with Crippen molar-refractivity contribution in [3.05, 3.63) is 34.6 Å². The molecule has 0 spiro atoms. The zero-order valence-electron chi connectivity index (χ0n) is 9.92. The van der Waals surface area contributed by atoms with Crippen LogP contribution < -0.4 is 0 Å². The van der Waals surface area contributed by atoms with Gasteiger partial charge in [-0.2, -0.15) is 0 Å². The van der Waals surface area contributed by atoms with E-state index in [1.165, 1.54) is 12.1 Å². The van der Waals surface area contributed by atoms with E-state index < -0.39 is 0 Å². The van der Waals surface area contributed by atoms with Crippen molar-refractivity contribution in [1.29, 1.82) is 0 Å². The van der Waals surface area contributed by atoms with Crippen molar-refractivity contribution in [3.8, 4) is 0 Å². The van der Waals surface area contributed by atoms with Gasteiger partial charge in [-0.15, -0.1) is 0 Å². The maximum Gasteiger partial charge on any atom is 0.123 e. The molecule has 0 radical (unpaired) electrons. The first kappa shape index (κ1) is 12.8. The Morgan fingerprint density at radius 1 is 1.53 bits per heavy atom. The summed E-state index contributed by atoms with van der Waals surface area (Å²) in [7, 11) is 0. The maximum atomic E-state index is 13.1. The molecule has 4 heteroatoms. The molecule has 1 N–H and O–H groups in total. The molecule has 1 aromatic rings. The normalized spacial score (nSPS) is 25.4. The van der Waals surface area contributed by atoms with Crippen molar-refractivity contribution in [2.45, 2.75) is 19.9 Å². The van der Waals surface area contributed by atoms with Crippen LogP contribution in [-0.4, -0.2) is 29.7 Å². The maximum absolute atomic E-state index is 13.1. The number of rotatable bonds is 3. The topological polar surface area (TPSA) is 23.5 Å². The van der Waals surface area contributed by atoms with E-state index in [9.17, 15) is 9.50 Å². The summed E-state index contributed by atoms with van der Waals surface area (Å²) in [5.74, 6) is -0.256. The van der Waals surface area contributed by atoms with Crippen LogP contribution in [0.15, 0.2) is 18.2 Å². The van der Waals surface area contributed by atoms with Gasteiger partial charge in [0.2, 0.25) is 0 Å². The van der Waals surface area contributed by atoms with Gasteiger partial charge in [-0.25, -0.2) is 4.39 Å². The molecule has 17 heavy (non-hydrogen) atoms. The van der Waals surface area contributed by atoms with Gasteiger partial charge < -0.3 is 5.11 Å². The molecule has 0 unspecified atom stereocenters. The van der Waals surface area contributed by atoms with Gasteiger partial charge in [0.15, 0.2) is 0 Å². The van der Waals surface area contributed by atoms with Crippen LogP contribution in [0, 0.1) is 11.2 Å². The molecule has 2 rings (SSSR count). The van der Waals surface area contributed by atoms with Gasteiger partial charge in [0.1, 0.15) is 5.82 Å². The second-order valence-corrected chi connectivity index (χ2v) is 5.57. The lowest BCUT2D eigenvalue weighted by Crippen LogP contribution is -2.27. The highest BCUT2D eigenvalue weighted by Gasteiger charge is 2.33. The summed E-state index contributed by atoms with van der Waals surface area (Å²) >= 11 is 6.04. The second-order valence-electron chi connectivity index (χ2n) is 5.17. The molecule has 0 aliphatic carbocycles. The summed E-state index contributed by atoms with van der Waals surface area (Å²) in [6, 6.07) is 4.44. The Bertz CT molecular complexity index is 412. The van der Waals surface area contributed by atoms with Crippen LogP contribution >= 0.6 is 11.6 Å². The molecule has 0 amide bonds. The van der Waals surface area contributed by atoms with E-state index in [0.29, 0.717) is 11.6 Å². The number of aliphatic hydroxyl groups excluding tert-OH is 1. The largest absolute Gasteiger partial charge is 0.396 e. The van der Waals surface area contributed by atoms with Gasteiger partial charge in [-0.1, -0.05) is 18.5 Å². The van der Waals surface area contributed by atoms with Crippen molar-refractivity contribution in [2.24, 2.45) is 5.41 Å². The van der Waals surface area contributed by atoms with E-state index in [2.05, 4.69) is 11.8 Å². The average molecular weight is 258 g/mol. The Labute approximate surface area is 106 Å². The van der Waals surface area contributed by atoms with E-state index in [1.54, 1.807) is 6.07 Å². The summed E-state index contributed by atoms with van der Waals surface area (Å²) < 4.78 is 13.1. The Kier molecular flexibility index (Phi) is 3.71. The third kappa shape index (κ3) is 2.97. The summed E-state index contributed by atoms with van der Waals surface area (Å²) in [4.78, 5) is 2.21. The first-order valence-electron chi connectivity index (χ1n) is 5.80. The van der Waals surface area contributed by atoms with E-state index in [0.717, 1.165) is 25.1 Å². The van der Waals surface area contributed by atoms with E-state index >= 15 is 0 Å². The predicted octanol–water partition coefficient (Wildman–Crippen LogP) is 2.68. The minimum Gasteiger partial charge on any atom is -0.396 e. The lowest BCUT2D eigenvalue weighted by molar-refractivity contribution is 0.144. The van der Waals surface area contributed by atoms with Gasteiger partial charge in [-0.3, -0.25) is 4.90 Å². The van der Waals surface area contributed by atoms with E-state index in [-0.39, 0.29) is 17.8 Å². The van der Waals surface area contributed by atoms with Gasteiger partial charge in [-0.05, 0) is 36.7 Å². The fourth-order valence-electron chi connectivity index (χ4n) is 2.30. The Morgan fingerprint density at radius 2 is 2.29 bits per heavy atom. The predicted molar refractivity (Wildman–Crippen MR) is 66.5 cm³/mol. The minimum atomic E-state index is -0.256. The lowest BCUT2D eigenvalue weighted by atomic mass is 9.91. The Hall–Kier alpha value is -0.640. The highest BCUT2D eigenvalue weighted by Crippen LogP contribution is 2.31. The van der Waals surface area contributed by atoms with Crippen molar-refractivity contribution < 1.29 is 9.50 Å². The fourth-order valence-corrected chi connectivity index (χ4v) is 2.47. The molecule has 0 saturated carbocycles. The molecule has 94 valence electrons. The number of benzene rings is 1. The average Bonchev–Trinajstić information content (AvgIpc) is 2.67. The van der Waals surface area contributed by atoms with Crippen LogP contribution in [-0.2, 0) is 6.54 Å². The minimum absolute atomic E-state index is 0.0280. The van der Waals surface area contributed by atoms with E-state index in [4.69, 9.17) is 11.6 Å². The third-order valence-electron chi connectivity index (χ3n) is 3.42. The number of nitrogens with zero attached hydrogens (tertiary/aromatic N) is 1. The summed E-state index contributed by atoms with van der Waals surface area (Å²) in [5, 5.41) is 9.90. The first-order chi connectivity index (χ1) is 8.02. The molecule has 2 nitrogen and oxygen atoms in total. The van der Waals surface area contributed by atoms with Crippen LogP contribution in [0.1, 0.15) is 18.9 Å². The summed E-state index contributed by atoms with van der Waals surface area (Å²) in [6.45, 7) is 4.66. The van der Waals surface area contributed by atoms with Crippen molar-refractivity contribution in [2.75, 3.05) is 19.7 Å². The number of likely N-dealkylation sites (tertiary alicyclic amines) is 1. The molecule has 1 atom stereocenters. The summed E-state index contributed by atoms with van der Waals surface area (Å²) in [5.41, 5.74) is 0.786. The molecule has 0 bridgehead atoms. The fraction of sp³-hybridized carbons (Fsp3) is 0.538. The van der Waals surface area contributed by atoms with Crippen LogP contribution in [0.3, 0.4) is 0 Å². The highest BCUT2D eigenvalue weighted by atomic mass is 35.5. The van der Waals surface area contributed by atoms with Crippen molar-refractivity contribution in [1.82, 2.24) is 4.90 Å². The number of hydrogen-bond acceptors (Lipinski definition) is 2. The van der Waals surface area contributed by atoms with Crippen LogP contribution in [0.2, 0.25) is 5.02 Å². The van der Waals surface area contributed by atoms with Gasteiger partial charge in [0.25, 0.3) is 0 Å². The molecule has 0 aromatic heterocycles. The molecule has 1 aromatic carbocycles.